The van der Waals surface area contributed by atoms with Gasteiger partial charge in [-0.15, -0.1) is 11.8 Å². The van der Waals surface area contributed by atoms with Gasteiger partial charge in [-0.25, -0.2) is 4.39 Å². The molecule has 0 aromatic heterocycles. The van der Waals surface area contributed by atoms with E-state index in [1.807, 2.05) is 36.9 Å². The fourth-order valence-electron chi connectivity index (χ4n) is 2.57. The van der Waals surface area contributed by atoms with E-state index in [4.69, 9.17) is 12.2 Å². The quantitative estimate of drug-likeness (QED) is 0.385. The van der Waals surface area contributed by atoms with E-state index in [2.05, 4.69) is 47.0 Å². The number of anilines is 1. The Balaban J connectivity index is 1.50. The molecule has 0 aliphatic heterocycles. The summed E-state index contributed by atoms with van der Waals surface area (Å²) in [6.45, 7) is 1.99. The lowest BCUT2D eigenvalue weighted by atomic mass is 10.1. The molecule has 0 spiro atoms. The van der Waals surface area contributed by atoms with Crippen molar-refractivity contribution in [2.75, 3.05) is 5.32 Å². The smallest absolute Gasteiger partial charge is 0.171 e. The molecule has 0 unspecified atom stereocenters. The minimum Gasteiger partial charge on any atom is -0.356 e. The molecule has 0 aliphatic carbocycles. The number of thiocarbonyl (C=S) groups is 1. The van der Waals surface area contributed by atoms with Crippen LogP contribution in [0.15, 0.2) is 83.8 Å². The van der Waals surface area contributed by atoms with Crippen LogP contribution in [-0.4, -0.2) is 5.11 Å². The molecule has 0 heterocycles. The van der Waals surface area contributed by atoms with Crippen LogP contribution in [0.3, 0.4) is 0 Å². The highest BCUT2D eigenvalue weighted by molar-refractivity contribution is 7.98. The van der Waals surface area contributed by atoms with Crippen molar-refractivity contribution in [3.05, 3.63) is 95.8 Å². The molecule has 138 valence electrons. The molecular weight excluding hydrogens is 375 g/mol. The number of benzene rings is 3. The van der Waals surface area contributed by atoms with Crippen molar-refractivity contribution >= 4 is 34.8 Å². The minimum absolute atomic E-state index is 0.00727. The lowest BCUT2D eigenvalue weighted by molar-refractivity contribution is 0.624. The Hall–Kier alpha value is -2.37. The number of halogens is 1. The molecule has 3 rings (SSSR count). The van der Waals surface area contributed by atoms with Crippen LogP contribution in [0.5, 0.6) is 0 Å². The zero-order valence-corrected chi connectivity index (χ0v) is 16.6. The largest absolute Gasteiger partial charge is 0.356 e. The van der Waals surface area contributed by atoms with Crippen LogP contribution in [0.4, 0.5) is 10.1 Å². The summed E-state index contributed by atoms with van der Waals surface area (Å²) < 4.78 is 13.0. The van der Waals surface area contributed by atoms with Gasteiger partial charge in [0.2, 0.25) is 0 Å². The van der Waals surface area contributed by atoms with Crippen molar-refractivity contribution in [3.63, 3.8) is 0 Å². The Bertz CT molecular complexity index is 865. The number of thioether (sulfide) groups is 1. The molecule has 0 saturated heterocycles. The maximum atomic E-state index is 13.0. The Morgan fingerprint density at radius 2 is 1.63 bits per heavy atom. The Labute approximate surface area is 169 Å². The van der Waals surface area contributed by atoms with Crippen molar-refractivity contribution in [2.45, 2.75) is 23.6 Å². The van der Waals surface area contributed by atoms with Crippen LogP contribution in [0.2, 0.25) is 0 Å². The third kappa shape index (κ3) is 6.08. The molecule has 0 amide bonds. The highest BCUT2D eigenvalue weighted by atomic mass is 32.2. The molecule has 2 nitrogen and oxygen atoms in total. The van der Waals surface area contributed by atoms with Crippen molar-refractivity contribution in [1.82, 2.24) is 5.32 Å². The summed E-state index contributed by atoms with van der Waals surface area (Å²) in [4.78, 5) is 1.26. The zero-order valence-electron chi connectivity index (χ0n) is 15.0. The molecule has 2 N–H and O–H groups in total. The van der Waals surface area contributed by atoms with E-state index in [1.165, 1.54) is 22.6 Å². The van der Waals surface area contributed by atoms with E-state index in [0.29, 0.717) is 5.11 Å². The first kappa shape index (κ1) is 19.4. The van der Waals surface area contributed by atoms with E-state index in [9.17, 15) is 4.39 Å². The molecule has 1 atom stereocenters. The van der Waals surface area contributed by atoms with Gasteiger partial charge >= 0.3 is 0 Å². The monoisotopic (exact) mass is 396 g/mol. The van der Waals surface area contributed by atoms with Gasteiger partial charge in [-0.05, 0) is 66.7 Å². The van der Waals surface area contributed by atoms with Gasteiger partial charge in [0, 0.05) is 16.3 Å². The predicted molar refractivity (Wildman–Crippen MR) is 117 cm³/mol. The summed E-state index contributed by atoms with van der Waals surface area (Å²) in [7, 11) is 0. The lowest BCUT2D eigenvalue weighted by Gasteiger charge is -2.17. The predicted octanol–water partition coefficient (Wildman–Crippen LogP) is 6.17. The molecule has 27 heavy (non-hydrogen) atoms. The fourth-order valence-corrected chi connectivity index (χ4v) is 3.74. The second-order valence-electron chi connectivity index (χ2n) is 6.17. The topological polar surface area (TPSA) is 24.1 Å². The highest BCUT2D eigenvalue weighted by Crippen LogP contribution is 2.23. The third-order valence-electron chi connectivity index (χ3n) is 4.08. The Kier molecular flexibility index (Phi) is 6.85. The minimum atomic E-state index is -0.239. The van der Waals surface area contributed by atoms with E-state index in [0.717, 1.165) is 17.0 Å². The average Bonchev–Trinajstić information content (AvgIpc) is 2.68. The normalized spacial score (nSPS) is 11.6. The number of hydrogen-bond acceptors (Lipinski definition) is 2. The maximum Gasteiger partial charge on any atom is 0.171 e. The highest BCUT2D eigenvalue weighted by Gasteiger charge is 2.07. The van der Waals surface area contributed by atoms with Crippen LogP contribution < -0.4 is 10.6 Å². The Morgan fingerprint density at radius 1 is 0.963 bits per heavy atom. The van der Waals surface area contributed by atoms with Crippen LogP contribution in [0.1, 0.15) is 24.1 Å². The van der Waals surface area contributed by atoms with Crippen molar-refractivity contribution in [1.29, 1.82) is 0 Å². The summed E-state index contributed by atoms with van der Waals surface area (Å²) in [6.07, 6.45) is 0. The lowest BCUT2D eigenvalue weighted by Crippen LogP contribution is -2.30. The van der Waals surface area contributed by atoms with Gasteiger partial charge in [0.25, 0.3) is 0 Å². The van der Waals surface area contributed by atoms with Crippen LogP contribution >= 0.6 is 24.0 Å². The van der Waals surface area contributed by atoms with Gasteiger partial charge in [0.15, 0.2) is 5.11 Å². The molecule has 3 aromatic carbocycles. The van der Waals surface area contributed by atoms with Crippen LogP contribution in [-0.2, 0) is 5.75 Å². The van der Waals surface area contributed by atoms with Crippen molar-refractivity contribution < 1.29 is 4.39 Å². The van der Waals surface area contributed by atoms with Gasteiger partial charge in [0.05, 0.1) is 6.04 Å². The molecule has 0 saturated carbocycles. The summed E-state index contributed by atoms with van der Waals surface area (Å²) in [5, 5.41) is 6.95. The maximum absolute atomic E-state index is 13.0. The first-order chi connectivity index (χ1) is 13.1. The van der Waals surface area contributed by atoms with Gasteiger partial charge in [-0.1, -0.05) is 42.5 Å². The standard InChI is InChI=1S/C22H21FN2S2/c1-16(18-9-11-19(23)12-10-18)24-22(26)25-20-13-7-17(8-14-20)15-27-21-5-3-2-4-6-21/h2-14,16H,15H2,1H3,(H2,24,25,26)/t16-/m1/s1. The van der Waals surface area contributed by atoms with E-state index in [-0.39, 0.29) is 11.9 Å². The summed E-state index contributed by atoms with van der Waals surface area (Å²) in [5.41, 5.74) is 3.18. The first-order valence-corrected chi connectivity index (χ1v) is 10.1. The van der Waals surface area contributed by atoms with Gasteiger partial charge in [-0.3, -0.25) is 0 Å². The fraction of sp³-hybridized carbons (Fsp3) is 0.136. The molecule has 3 aromatic rings. The summed E-state index contributed by atoms with van der Waals surface area (Å²) in [6, 6.07) is 25.0. The molecule has 0 aliphatic rings. The van der Waals surface area contributed by atoms with Crippen molar-refractivity contribution in [3.8, 4) is 0 Å². The van der Waals surface area contributed by atoms with Crippen molar-refractivity contribution in [2.24, 2.45) is 0 Å². The third-order valence-corrected chi connectivity index (χ3v) is 5.38. The first-order valence-electron chi connectivity index (χ1n) is 8.70. The number of rotatable bonds is 6. The second kappa shape index (κ2) is 9.53. The van der Waals surface area contributed by atoms with Gasteiger partial charge in [0.1, 0.15) is 5.82 Å². The summed E-state index contributed by atoms with van der Waals surface area (Å²) >= 11 is 7.20. The number of hydrogen-bond donors (Lipinski definition) is 2. The van der Waals surface area contributed by atoms with Crippen LogP contribution in [0, 0.1) is 5.82 Å². The summed E-state index contributed by atoms with van der Waals surface area (Å²) in [5.74, 6) is 0.686. The average molecular weight is 397 g/mol. The second-order valence-corrected chi connectivity index (χ2v) is 7.63. The van der Waals surface area contributed by atoms with E-state index in [1.54, 1.807) is 12.1 Å². The SMILES string of the molecule is C[C@@H](NC(=S)Nc1ccc(CSc2ccccc2)cc1)c1ccc(F)cc1. The molecule has 0 radical (unpaired) electrons. The van der Waals surface area contributed by atoms with E-state index >= 15 is 0 Å². The van der Waals surface area contributed by atoms with Crippen LogP contribution in [0.25, 0.3) is 0 Å². The molecule has 0 bridgehead atoms. The van der Waals surface area contributed by atoms with E-state index < -0.39 is 0 Å². The Morgan fingerprint density at radius 3 is 2.30 bits per heavy atom. The van der Waals surface area contributed by atoms with Gasteiger partial charge in [-0.2, -0.15) is 0 Å². The molecule has 5 heteroatoms. The van der Waals surface area contributed by atoms with Gasteiger partial charge < -0.3 is 10.6 Å². The number of nitrogens with one attached hydrogen (secondary N) is 2. The molecular formula is C22H21FN2S2. The zero-order chi connectivity index (χ0) is 19.1. The molecule has 0 fully saturated rings.